The van der Waals surface area contributed by atoms with Gasteiger partial charge in [-0.2, -0.15) is 0 Å². The van der Waals surface area contributed by atoms with Crippen LogP contribution in [0.15, 0.2) is 0 Å². The predicted octanol–water partition coefficient (Wildman–Crippen LogP) is -0.225. The van der Waals surface area contributed by atoms with E-state index < -0.39 is 0 Å². The van der Waals surface area contributed by atoms with Crippen molar-refractivity contribution in [3.8, 4) is 0 Å². The molecule has 0 spiro atoms. The van der Waals surface area contributed by atoms with Crippen molar-refractivity contribution in [2.45, 2.75) is 19.9 Å². The Balaban J connectivity index is 1.87. The van der Waals surface area contributed by atoms with E-state index in [4.69, 9.17) is 4.74 Å². The molecule has 2 aliphatic heterocycles. The van der Waals surface area contributed by atoms with Crippen LogP contribution in [0.4, 0.5) is 0 Å². The lowest BCUT2D eigenvalue weighted by atomic mass is 10.0. The Morgan fingerprint density at radius 2 is 1.94 bits per heavy atom. The molecule has 5 nitrogen and oxygen atoms in total. The Bertz CT molecular complexity index is 277. The number of rotatable bonds is 4. The van der Waals surface area contributed by atoms with E-state index in [0.717, 1.165) is 39.3 Å². The Hall–Kier alpha value is -0.650. The van der Waals surface area contributed by atoms with Gasteiger partial charge in [0, 0.05) is 32.2 Å². The van der Waals surface area contributed by atoms with Crippen LogP contribution in [-0.4, -0.2) is 74.2 Å². The Morgan fingerprint density at radius 3 is 2.56 bits per heavy atom. The first-order valence-corrected chi connectivity index (χ1v) is 7.08. The molecule has 2 fully saturated rings. The van der Waals surface area contributed by atoms with Gasteiger partial charge in [0.15, 0.2) is 0 Å². The molecule has 2 atom stereocenters. The molecule has 0 bridgehead atoms. The number of nitrogens with one attached hydrogen (secondary N) is 1. The minimum absolute atomic E-state index is 0.0122. The molecule has 0 radical (unpaired) electrons. The van der Waals surface area contributed by atoms with Crippen LogP contribution in [0.2, 0.25) is 0 Å². The number of likely N-dealkylation sites (N-methyl/N-ethyl adjacent to an activating group) is 2. The zero-order chi connectivity index (χ0) is 13.0. The fraction of sp³-hybridized carbons (Fsp3) is 0.923. The molecule has 18 heavy (non-hydrogen) atoms. The SMILES string of the molecule is CCNC1COCC1C(=O)N1CCN(CC)CC1. The van der Waals surface area contributed by atoms with Crippen molar-refractivity contribution in [3.63, 3.8) is 0 Å². The first-order valence-electron chi connectivity index (χ1n) is 7.08. The van der Waals surface area contributed by atoms with Crippen LogP contribution in [0.3, 0.4) is 0 Å². The Kier molecular flexibility index (Phi) is 4.97. The summed E-state index contributed by atoms with van der Waals surface area (Å²) < 4.78 is 5.46. The van der Waals surface area contributed by atoms with Gasteiger partial charge in [-0.15, -0.1) is 0 Å². The standard InChI is InChI=1S/C13H25N3O2/c1-3-14-12-10-18-9-11(12)13(17)16-7-5-15(4-2)6-8-16/h11-12,14H,3-10H2,1-2H3. The summed E-state index contributed by atoms with van der Waals surface area (Å²) in [5, 5.41) is 3.35. The lowest BCUT2D eigenvalue weighted by molar-refractivity contribution is -0.137. The number of piperazine rings is 1. The van der Waals surface area contributed by atoms with Crippen LogP contribution >= 0.6 is 0 Å². The van der Waals surface area contributed by atoms with Crippen molar-refractivity contribution in [1.82, 2.24) is 15.1 Å². The molecule has 0 saturated carbocycles. The smallest absolute Gasteiger partial charge is 0.229 e. The maximum Gasteiger partial charge on any atom is 0.229 e. The maximum atomic E-state index is 12.5. The van der Waals surface area contributed by atoms with Crippen molar-refractivity contribution in [2.24, 2.45) is 5.92 Å². The van der Waals surface area contributed by atoms with Crippen molar-refractivity contribution >= 4 is 5.91 Å². The highest BCUT2D eigenvalue weighted by Crippen LogP contribution is 2.17. The second kappa shape index (κ2) is 6.50. The summed E-state index contributed by atoms with van der Waals surface area (Å²) in [5.41, 5.74) is 0. The van der Waals surface area contributed by atoms with Gasteiger partial charge in [-0.05, 0) is 13.1 Å². The number of amides is 1. The summed E-state index contributed by atoms with van der Waals surface area (Å²) in [7, 11) is 0. The van der Waals surface area contributed by atoms with Gasteiger partial charge in [0.1, 0.15) is 0 Å². The molecule has 104 valence electrons. The molecule has 0 aromatic carbocycles. The summed E-state index contributed by atoms with van der Waals surface area (Å²) in [6.07, 6.45) is 0. The first-order chi connectivity index (χ1) is 8.76. The average Bonchev–Trinajstić information content (AvgIpc) is 2.87. The van der Waals surface area contributed by atoms with Gasteiger partial charge < -0.3 is 19.9 Å². The van der Waals surface area contributed by atoms with Crippen molar-refractivity contribution in [3.05, 3.63) is 0 Å². The zero-order valence-corrected chi connectivity index (χ0v) is 11.5. The number of hydrogen-bond donors (Lipinski definition) is 1. The highest BCUT2D eigenvalue weighted by molar-refractivity contribution is 5.80. The average molecular weight is 255 g/mol. The quantitative estimate of drug-likeness (QED) is 0.754. The van der Waals surface area contributed by atoms with E-state index in [0.29, 0.717) is 13.2 Å². The van der Waals surface area contributed by atoms with E-state index in [1.807, 2.05) is 4.90 Å². The predicted molar refractivity (Wildman–Crippen MR) is 70.5 cm³/mol. The molecule has 2 unspecified atom stereocenters. The highest BCUT2D eigenvalue weighted by Gasteiger charge is 2.36. The molecule has 0 aliphatic carbocycles. The van der Waals surface area contributed by atoms with Gasteiger partial charge in [-0.1, -0.05) is 13.8 Å². The Labute approximate surface area is 109 Å². The number of ether oxygens (including phenoxy) is 1. The highest BCUT2D eigenvalue weighted by atomic mass is 16.5. The van der Waals surface area contributed by atoms with Crippen LogP contribution in [0.1, 0.15) is 13.8 Å². The van der Waals surface area contributed by atoms with Gasteiger partial charge in [-0.25, -0.2) is 0 Å². The topological polar surface area (TPSA) is 44.8 Å². The molecular formula is C13H25N3O2. The molecule has 2 heterocycles. The maximum absolute atomic E-state index is 12.5. The normalized spacial score (nSPS) is 29.8. The number of nitrogens with zero attached hydrogens (tertiary/aromatic N) is 2. The van der Waals surface area contributed by atoms with Gasteiger partial charge in [-0.3, -0.25) is 4.79 Å². The molecule has 5 heteroatoms. The molecule has 1 N–H and O–H groups in total. The van der Waals surface area contributed by atoms with Crippen molar-refractivity contribution < 1.29 is 9.53 Å². The lowest BCUT2D eigenvalue weighted by Gasteiger charge is -2.36. The first kappa shape index (κ1) is 13.8. The van der Waals surface area contributed by atoms with E-state index in [1.54, 1.807) is 0 Å². The molecule has 2 saturated heterocycles. The summed E-state index contributed by atoms with van der Waals surface area (Å²) in [4.78, 5) is 16.9. The van der Waals surface area contributed by atoms with Crippen molar-refractivity contribution in [1.29, 1.82) is 0 Å². The van der Waals surface area contributed by atoms with E-state index >= 15 is 0 Å². The minimum Gasteiger partial charge on any atom is -0.379 e. The summed E-state index contributed by atoms with van der Waals surface area (Å²) >= 11 is 0. The second-order valence-electron chi connectivity index (χ2n) is 5.07. The molecule has 0 aromatic heterocycles. The van der Waals surface area contributed by atoms with E-state index in [-0.39, 0.29) is 17.9 Å². The Morgan fingerprint density at radius 1 is 1.22 bits per heavy atom. The lowest BCUT2D eigenvalue weighted by Crippen LogP contribution is -2.53. The summed E-state index contributed by atoms with van der Waals surface area (Å²) in [5.74, 6) is 0.285. The largest absolute Gasteiger partial charge is 0.379 e. The molecule has 1 amide bonds. The molecule has 0 aromatic rings. The molecule has 2 rings (SSSR count). The summed E-state index contributed by atoms with van der Waals surface area (Å²) in [6.45, 7) is 11.2. The van der Waals surface area contributed by atoms with Crippen LogP contribution in [0.25, 0.3) is 0 Å². The van der Waals surface area contributed by atoms with Gasteiger partial charge in [0.2, 0.25) is 5.91 Å². The van der Waals surface area contributed by atoms with Crippen LogP contribution in [-0.2, 0) is 9.53 Å². The van der Waals surface area contributed by atoms with Crippen LogP contribution in [0.5, 0.6) is 0 Å². The van der Waals surface area contributed by atoms with Gasteiger partial charge >= 0.3 is 0 Å². The fourth-order valence-corrected chi connectivity index (χ4v) is 2.78. The number of carbonyl (C=O) groups is 1. The van der Waals surface area contributed by atoms with Crippen LogP contribution in [0, 0.1) is 5.92 Å². The monoisotopic (exact) mass is 255 g/mol. The second-order valence-corrected chi connectivity index (χ2v) is 5.07. The van der Waals surface area contributed by atoms with E-state index in [2.05, 4.69) is 24.1 Å². The van der Waals surface area contributed by atoms with Gasteiger partial charge in [0.05, 0.1) is 19.1 Å². The molecule has 2 aliphatic rings. The van der Waals surface area contributed by atoms with Gasteiger partial charge in [0.25, 0.3) is 0 Å². The minimum atomic E-state index is 0.0122. The third-order valence-electron chi connectivity index (χ3n) is 4.00. The van der Waals surface area contributed by atoms with Crippen LogP contribution < -0.4 is 5.32 Å². The fourth-order valence-electron chi connectivity index (χ4n) is 2.78. The van der Waals surface area contributed by atoms with Crippen molar-refractivity contribution in [2.75, 3.05) is 52.5 Å². The zero-order valence-electron chi connectivity index (χ0n) is 11.5. The number of hydrogen-bond acceptors (Lipinski definition) is 4. The van der Waals surface area contributed by atoms with E-state index in [9.17, 15) is 4.79 Å². The molecular weight excluding hydrogens is 230 g/mol. The summed E-state index contributed by atoms with van der Waals surface area (Å²) in [6, 6.07) is 0.201. The number of carbonyl (C=O) groups excluding carboxylic acids is 1. The van der Waals surface area contributed by atoms with E-state index in [1.165, 1.54) is 0 Å². The third kappa shape index (κ3) is 3.02. The third-order valence-corrected chi connectivity index (χ3v) is 4.00.